The third-order valence-corrected chi connectivity index (χ3v) is 5.87. The SMILES string of the molecule is CCOC(=O)C1=C(c2ccccc2)NC(SCc2ccccc2)=N[C@@H]1c1ccccc1. The first-order valence-corrected chi connectivity index (χ1v) is 11.3. The van der Waals surface area contributed by atoms with Gasteiger partial charge in [-0.3, -0.25) is 0 Å². The monoisotopic (exact) mass is 428 g/mol. The third-order valence-electron chi connectivity index (χ3n) is 4.91. The Labute approximate surface area is 187 Å². The van der Waals surface area contributed by atoms with Crippen LogP contribution in [0.4, 0.5) is 0 Å². The molecule has 0 saturated carbocycles. The lowest BCUT2D eigenvalue weighted by Crippen LogP contribution is -2.31. The normalized spacial score (nSPS) is 15.8. The van der Waals surface area contributed by atoms with E-state index in [1.165, 1.54) is 5.56 Å². The first kappa shape index (κ1) is 20.9. The molecule has 0 aromatic heterocycles. The van der Waals surface area contributed by atoms with Gasteiger partial charge in [-0.05, 0) is 23.6 Å². The summed E-state index contributed by atoms with van der Waals surface area (Å²) in [4.78, 5) is 18.0. The maximum atomic E-state index is 13.1. The molecule has 0 spiro atoms. The van der Waals surface area contributed by atoms with Crippen LogP contribution in [0.1, 0.15) is 29.7 Å². The molecule has 0 saturated heterocycles. The number of amidine groups is 1. The number of nitrogens with zero attached hydrogens (tertiary/aromatic N) is 1. The Morgan fingerprint density at radius 2 is 1.55 bits per heavy atom. The van der Waals surface area contributed by atoms with E-state index in [4.69, 9.17) is 9.73 Å². The van der Waals surface area contributed by atoms with Crippen molar-refractivity contribution < 1.29 is 9.53 Å². The fourth-order valence-corrected chi connectivity index (χ4v) is 4.31. The molecule has 0 radical (unpaired) electrons. The zero-order valence-corrected chi connectivity index (χ0v) is 18.1. The zero-order valence-electron chi connectivity index (χ0n) is 17.3. The van der Waals surface area contributed by atoms with Gasteiger partial charge in [0.2, 0.25) is 0 Å². The third kappa shape index (κ3) is 5.06. The molecule has 3 aromatic rings. The van der Waals surface area contributed by atoms with E-state index < -0.39 is 6.04 Å². The van der Waals surface area contributed by atoms with E-state index in [9.17, 15) is 4.79 Å². The maximum Gasteiger partial charge on any atom is 0.338 e. The maximum absolute atomic E-state index is 13.1. The van der Waals surface area contributed by atoms with Crippen LogP contribution in [0.15, 0.2) is 102 Å². The van der Waals surface area contributed by atoms with Gasteiger partial charge in [0, 0.05) is 5.75 Å². The minimum Gasteiger partial charge on any atom is -0.463 e. The highest BCUT2D eigenvalue weighted by atomic mass is 32.2. The minimum atomic E-state index is -0.435. The van der Waals surface area contributed by atoms with Gasteiger partial charge in [-0.2, -0.15) is 0 Å². The molecule has 0 amide bonds. The molecule has 4 rings (SSSR count). The van der Waals surface area contributed by atoms with Gasteiger partial charge in [0.15, 0.2) is 5.17 Å². The average molecular weight is 429 g/mol. The van der Waals surface area contributed by atoms with Crippen molar-refractivity contribution in [3.63, 3.8) is 0 Å². The van der Waals surface area contributed by atoms with E-state index in [1.54, 1.807) is 11.8 Å². The minimum absolute atomic E-state index is 0.311. The summed E-state index contributed by atoms with van der Waals surface area (Å²) in [6.07, 6.45) is 0. The number of benzene rings is 3. The van der Waals surface area contributed by atoms with Crippen molar-refractivity contribution in [2.24, 2.45) is 4.99 Å². The molecule has 1 heterocycles. The zero-order chi connectivity index (χ0) is 21.5. The van der Waals surface area contributed by atoms with Crippen LogP contribution in [0.3, 0.4) is 0 Å². The Bertz CT molecular complexity index is 1080. The Morgan fingerprint density at radius 1 is 0.935 bits per heavy atom. The van der Waals surface area contributed by atoms with Gasteiger partial charge in [0.25, 0.3) is 0 Å². The summed E-state index contributed by atoms with van der Waals surface area (Å²) >= 11 is 1.63. The first-order valence-electron chi connectivity index (χ1n) is 10.3. The van der Waals surface area contributed by atoms with E-state index in [0.717, 1.165) is 27.7 Å². The van der Waals surface area contributed by atoms with Gasteiger partial charge in [-0.15, -0.1) is 0 Å². The quantitative estimate of drug-likeness (QED) is 0.520. The molecule has 4 nitrogen and oxygen atoms in total. The van der Waals surface area contributed by atoms with Crippen molar-refractivity contribution >= 4 is 28.6 Å². The highest BCUT2D eigenvalue weighted by Crippen LogP contribution is 2.36. The molecule has 5 heteroatoms. The second kappa shape index (κ2) is 10.1. The highest BCUT2D eigenvalue weighted by Gasteiger charge is 2.32. The second-order valence-corrected chi connectivity index (χ2v) is 7.99. The van der Waals surface area contributed by atoms with Gasteiger partial charge in [-0.1, -0.05) is 103 Å². The molecule has 0 fully saturated rings. The van der Waals surface area contributed by atoms with Gasteiger partial charge in [0.05, 0.1) is 17.9 Å². The van der Waals surface area contributed by atoms with Gasteiger partial charge in [0.1, 0.15) is 6.04 Å². The number of thioether (sulfide) groups is 1. The molecule has 156 valence electrons. The van der Waals surface area contributed by atoms with E-state index in [1.807, 2.05) is 85.8 Å². The van der Waals surface area contributed by atoms with E-state index in [0.29, 0.717) is 12.2 Å². The van der Waals surface area contributed by atoms with Crippen LogP contribution in [0.2, 0.25) is 0 Å². The van der Waals surface area contributed by atoms with E-state index in [-0.39, 0.29) is 5.97 Å². The van der Waals surface area contributed by atoms with Gasteiger partial charge >= 0.3 is 5.97 Å². The van der Waals surface area contributed by atoms with Crippen molar-refractivity contribution in [2.45, 2.75) is 18.7 Å². The Morgan fingerprint density at radius 3 is 2.19 bits per heavy atom. The predicted molar refractivity (Wildman–Crippen MR) is 127 cm³/mol. The lowest BCUT2D eigenvalue weighted by atomic mass is 9.94. The van der Waals surface area contributed by atoms with Crippen molar-refractivity contribution in [2.75, 3.05) is 6.61 Å². The van der Waals surface area contributed by atoms with Crippen molar-refractivity contribution in [1.29, 1.82) is 0 Å². The molecule has 1 atom stereocenters. The summed E-state index contributed by atoms with van der Waals surface area (Å²) in [5.74, 6) is 0.434. The van der Waals surface area contributed by atoms with Crippen LogP contribution < -0.4 is 5.32 Å². The molecular weight excluding hydrogens is 404 g/mol. The number of hydrogen-bond acceptors (Lipinski definition) is 5. The Hall–Kier alpha value is -3.31. The van der Waals surface area contributed by atoms with Gasteiger partial charge < -0.3 is 10.1 Å². The molecule has 31 heavy (non-hydrogen) atoms. The fraction of sp³-hybridized carbons (Fsp3) is 0.154. The highest BCUT2D eigenvalue weighted by molar-refractivity contribution is 8.13. The summed E-state index contributed by atoms with van der Waals surface area (Å²) in [6.45, 7) is 2.13. The molecule has 1 N–H and O–H groups in total. The lowest BCUT2D eigenvalue weighted by molar-refractivity contribution is -0.138. The molecule has 0 aliphatic carbocycles. The number of nitrogens with one attached hydrogen (secondary N) is 1. The summed E-state index contributed by atoms with van der Waals surface area (Å²) < 4.78 is 5.44. The molecule has 0 unspecified atom stereocenters. The Kier molecular flexibility index (Phi) is 6.85. The van der Waals surface area contributed by atoms with Crippen LogP contribution in [-0.4, -0.2) is 17.7 Å². The van der Waals surface area contributed by atoms with Gasteiger partial charge in [-0.25, -0.2) is 9.79 Å². The van der Waals surface area contributed by atoms with Crippen LogP contribution in [0.25, 0.3) is 5.70 Å². The standard InChI is InChI=1S/C26H24N2O2S/c1-2-30-25(29)22-23(20-14-8-4-9-15-20)27-26(31-18-19-12-6-3-7-13-19)28-24(22)21-16-10-5-11-17-21/h3-17,23H,2,18H2,1H3,(H,27,28)/t23-/m1/s1. The van der Waals surface area contributed by atoms with Crippen LogP contribution in [0, 0.1) is 0 Å². The summed E-state index contributed by atoms with van der Waals surface area (Å²) in [5.41, 5.74) is 4.38. The molecular formula is C26H24N2O2S. The molecule has 0 bridgehead atoms. The second-order valence-electron chi connectivity index (χ2n) is 7.02. The first-order chi connectivity index (χ1) is 15.3. The number of ether oxygens (including phenoxy) is 1. The fourth-order valence-electron chi connectivity index (χ4n) is 3.46. The number of esters is 1. The molecule has 3 aromatic carbocycles. The number of carbonyl (C=O) groups is 1. The number of hydrogen-bond donors (Lipinski definition) is 1. The van der Waals surface area contributed by atoms with Crippen molar-refractivity contribution in [3.8, 4) is 0 Å². The summed E-state index contributed by atoms with van der Waals surface area (Å²) in [5, 5.41) is 4.20. The van der Waals surface area contributed by atoms with Crippen LogP contribution in [0.5, 0.6) is 0 Å². The molecule has 1 aliphatic rings. The predicted octanol–water partition coefficient (Wildman–Crippen LogP) is 5.59. The number of aliphatic imine (C=N–C) groups is 1. The van der Waals surface area contributed by atoms with Crippen molar-refractivity contribution in [3.05, 3.63) is 113 Å². The Balaban J connectivity index is 1.76. The number of carbonyl (C=O) groups excluding carboxylic acids is 1. The molecule has 1 aliphatic heterocycles. The largest absolute Gasteiger partial charge is 0.463 e. The lowest BCUT2D eigenvalue weighted by Gasteiger charge is -2.27. The topological polar surface area (TPSA) is 50.7 Å². The number of rotatable bonds is 6. The van der Waals surface area contributed by atoms with Crippen molar-refractivity contribution in [1.82, 2.24) is 5.32 Å². The summed E-state index contributed by atoms with van der Waals surface area (Å²) in [6, 6.07) is 29.6. The van der Waals surface area contributed by atoms with Crippen LogP contribution >= 0.6 is 11.8 Å². The van der Waals surface area contributed by atoms with Crippen LogP contribution in [-0.2, 0) is 15.3 Å². The van der Waals surface area contributed by atoms with E-state index in [2.05, 4.69) is 17.4 Å². The average Bonchev–Trinajstić information content (AvgIpc) is 2.84. The van der Waals surface area contributed by atoms with E-state index >= 15 is 0 Å². The summed E-state index contributed by atoms with van der Waals surface area (Å²) in [7, 11) is 0. The smallest absolute Gasteiger partial charge is 0.338 e.